The number of pyridine rings is 1. The van der Waals surface area contributed by atoms with Crippen LogP contribution in [-0.4, -0.2) is 62.5 Å². The number of rotatable bonds is 6. The van der Waals surface area contributed by atoms with Gasteiger partial charge in [-0.15, -0.1) is 10.2 Å². The highest BCUT2D eigenvalue weighted by Gasteiger charge is 2.23. The second kappa shape index (κ2) is 9.70. The maximum atomic E-state index is 12.8. The fraction of sp³-hybridized carbons (Fsp3) is 0.364. The van der Waals surface area contributed by atoms with Crippen molar-refractivity contribution in [2.75, 3.05) is 36.8 Å². The van der Waals surface area contributed by atoms with Crippen molar-refractivity contribution in [2.24, 2.45) is 0 Å². The minimum absolute atomic E-state index is 0.122. The Morgan fingerprint density at radius 3 is 2.61 bits per heavy atom. The molecule has 1 fully saturated rings. The van der Waals surface area contributed by atoms with Gasteiger partial charge in [-0.05, 0) is 32.0 Å². The zero-order valence-electron chi connectivity index (χ0n) is 17.7. The standard InChI is InChI=1S/C22H25ClN6OS/c1-3-29-21(17-6-4-5-16(2)13-17)25-26-22(29)31-15-20(30)28-11-9-27(10-12-28)19-8-7-18(23)14-24-19/h4-8,13-14H,3,9-12,15H2,1-2H3. The highest BCUT2D eigenvalue weighted by molar-refractivity contribution is 7.99. The summed E-state index contributed by atoms with van der Waals surface area (Å²) in [6.45, 7) is 7.75. The molecular weight excluding hydrogens is 432 g/mol. The number of anilines is 1. The number of amides is 1. The van der Waals surface area contributed by atoms with E-state index in [9.17, 15) is 4.79 Å². The summed E-state index contributed by atoms with van der Waals surface area (Å²) < 4.78 is 2.07. The van der Waals surface area contributed by atoms with Gasteiger partial charge in [0.2, 0.25) is 5.91 Å². The van der Waals surface area contributed by atoms with Crippen molar-refractivity contribution < 1.29 is 4.79 Å². The van der Waals surface area contributed by atoms with E-state index in [4.69, 9.17) is 11.6 Å². The van der Waals surface area contributed by atoms with Gasteiger partial charge < -0.3 is 14.4 Å². The predicted octanol–water partition coefficient (Wildman–Crippen LogP) is 3.76. The van der Waals surface area contributed by atoms with Gasteiger partial charge in [-0.2, -0.15) is 0 Å². The van der Waals surface area contributed by atoms with Crippen molar-refractivity contribution in [1.29, 1.82) is 0 Å². The van der Waals surface area contributed by atoms with Crippen molar-refractivity contribution in [3.8, 4) is 11.4 Å². The molecular formula is C22H25ClN6OS. The first-order chi connectivity index (χ1) is 15.0. The molecule has 1 aliphatic rings. The van der Waals surface area contributed by atoms with E-state index in [1.54, 1.807) is 6.20 Å². The van der Waals surface area contributed by atoms with Gasteiger partial charge >= 0.3 is 0 Å². The Morgan fingerprint density at radius 2 is 1.94 bits per heavy atom. The Labute approximate surface area is 191 Å². The third kappa shape index (κ3) is 5.02. The van der Waals surface area contributed by atoms with Crippen LogP contribution < -0.4 is 4.90 Å². The molecule has 0 aliphatic carbocycles. The molecule has 3 heterocycles. The summed E-state index contributed by atoms with van der Waals surface area (Å²) in [5, 5.41) is 10.1. The van der Waals surface area contributed by atoms with Gasteiger partial charge in [-0.3, -0.25) is 4.79 Å². The van der Waals surface area contributed by atoms with Crippen LogP contribution in [0.25, 0.3) is 11.4 Å². The van der Waals surface area contributed by atoms with Crippen LogP contribution in [0.5, 0.6) is 0 Å². The summed E-state index contributed by atoms with van der Waals surface area (Å²) in [5.74, 6) is 2.21. The van der Waals surface area contributed by atoms with E-state index in [1.807, 2.05) is 29.2 Å². The van der Waals surface area contributed by atoms with Crippen LogP contribution >= 0.6 is 23.4 Å². The molecule has 0 atom stereocenters. The van der Waals surface area contributed by atoms with Crippen molar-refractivity contribution in [3.05, 3.63) is 53.2 Å². The van der Waals surface area contributed by atoms with Crippen LogP contribution in [-0.2, 0) is 11.3 Å². The summed E-state index contributed by atoms with van der Waals surface area (Å²) in [7, 11) is 0. The number of thioether (sulfide) groups is 1. The van der Waals surface area contributed by atoms with Crippen molar-refractivity contribution in [2.45, 2.75) is 25.5 Å². The molecule has 7 nitrogen and oxygen atoms in total. The van der Waals surface area contributed by atoms with Crippen molar-refractivity contribution in [1.82, 2.24) is 24.6 Å². The summed E-state index contributed by atoms with van der Waals surface area (Å²) in [6, 6.07) is 12.0. The van der Waals surface area contributed by atoms with Gasteiger partial charge in [-0.25, -0.2) is 4.98 Å². The van der Waals surface area contributed by atoms with E-state index < -0.39 is 0 Å². The molecule has 2 aromatic heterocycles. The Morgan fingerprint density at radius 1 is 1.13 bits per heavy atom. The smallest absolute Gasteiger partial charge is 0.233 e. The van der Waals surface area contributed by atoms with Gasteiger partial charge in [0.1, 0.15) is 5.82 Å². The molecule has 0 N–H and O–H groups in total. The molecule has 1 aliphatic heterocycles. The fourth-order valence-electron chi connectivity index (χ4n) is 3.64. The number of hydrogen-bond donors (Lipinski definition) is 0. The lowest BCUT2D eigenvalue weighted by Crippen LogP contribution is -2.49. The maximum absolute atomic E-state index is 12.8. The Bertz CT molecular complexity index is 1050. The van der Waals surface area contributed by atoms with Gasteiger partial charge in [0.15, 0.2) is 11.0 Å². The van der Waals surface area contributed by atoms with Crippen LogP contribution in [0.15, 0.2) is 47.8 Å². The lowest BCUT2D eigenvalue weighted by Gasteiger charge is -2.35. The number of piperazine rings is 1. The number of aryl methyl sites for hydroxylation is 1. The normalized spacial score (nSPS) is 14.2. The number of carbonyl (C=O) groups is 1. The molecule has 162 valence electrons. The Kier molecular flexibility index (Phi) is 6.77. The Hall–Kier alpha value is -2.58. The first-order valence-electron chi connectivity index (χ1n) is 10.3. The molecule has 0 saturated carbocycles. The second-order valence-electron chi connectivity index (χ2n) is 7.41. The molecule has 0 unspecified atom stereocenters. The quantitative estimate of drug-likeness (QED) is 0.526. The number of hydrogen-bond acceptors (Lipinski definition) is 6. The third-order valence-electron chi connectivity index (χ3n) is 5.30. The molecule has 31 heavy (non-hydrogen) atoms. The number of nitrogens with zero attached hydrogens (tertiary/aromatic N) is 6. The topological polar surface area (TPSA) is 67.2 Å². The minimum Gasteiger partial charge on any atom is -0.353 e. The Balaban J connectivity index is 1.35. The summed E-state index contributed by atoms with van der Waals surface area (Å²) in [5.41, 5.74) is 2.22. The first kappa shape index (κ1) is 21.6. The summed E-state index contributed by atoms with van der Waals surface area (Å²) in [6.07, 6.45) is 1.65. The number of benzene rings is 1. The van der Waals surface area contributed by atoms with E-state index in [0.29, 0.717) is 23.9 Å². The SMILES string of the molecule is CCn1c(SCC(=O)N2CCN(c3ccc(Cl)cn3)CC2)nnc1-c1cccc(C)c1. The van der Waals surface area contributed by atoms with Gasteiger partial charge in [0.25, 0.3) is 0 Å². The fourth-order valence-corrected chi connectivity index (χ4v) is 4.65. The largest absolute Gasteiger partial charge is 0.353 e. The monoisotopic (exact) mass is 456 g/mol. The summed E-state index contributed by atoms with van der Waals surface area (Å²) in [4.78, 5) is 21.2. The van der Waals surface area contributed by atoms with Crippen LogP contribution in [0.3, 0.4) is 0 Å². The lowest BCUT2D eigenvalue weighted by atomic mass is 10.1. The molecule has 4 rings (SSSR count). The van der Waals surface area contributed by atoms with Crippen LogP contribution in [0, 0.1) is 6.92 Å². The van der Waals surface area contributed by atoms with E-state index in [1.165, 1.54) is 17.3 Å². The molecule has 1 aromatic carbocycles. The predicted molar refractivity (Wildman–Crippen MR) is 125 cm³/mol. The minimum atomic E-state index is 0.122. The average molecular weight is 457 g/mol. The zero-order valence-corrected chi connectivity index (χ0v) is 19.2. The molecule has 0 radical (unpaired) electrons. The number of halogens is 1. The highest BCUT2D eigenvalue weighted by atomic mass is 35.5. The van der Waals surface area contributed by atoms with Gasteiger partial charge in [0, 0.05) is 44.5 Å². The van der Waals surface area contributed by atoms with Crippen molar-refractivity contribution >= 4 is 35.1 Å². The molecule has 3 aromatic rings. The van der Waals surface area contributed by atoms with Gasteiger partial charge in [-0.1, -0.05) is 47.1 Å². The summed E-state index contributed by atoms with van der Waals surface area (Å²) >= 11 is 7.37. The number of aromatic nitrogens is 4. The number of carbonyl (C=O) groups excluding carboxylic acids is 1. The van der Waals surface area contributed by atoms with Crippen LogP contribution in [0.4, 0.5) is 5.82 Å². The van der Waals surface area contributed by atoms with E-state index >= 15 is 0 Å². The first-order valence-corrected chi connectivity index (χ1v) is 11.7. The van der Waals surface area contributed by atoms with E-state index in [0.717, 1.165) is 42.0 Å². The lowest BCUT2D eigenvalue weighted by molar-refractivity contribution is -0.128. The third-order valence-corrected chi connectivity index (χ3v) is 6.48. The van der Waals surface area contributed by atoms with E-state index in [-0.39, 0.29) is 5.91 Å². The zero-order chi connectivity index (χ0) is 21.8. The van der Waals surface area contributed by atoms with E-state index in [2.05, 4.69) is 50.6 Å². The molecule has 0 spiro atoms. The second-order valence-corrected chi connectivity index (χ2v) is 8.79. The molecule has 9 heteroatoms. The van der Waals surface area contributed by atoms with Crippen molar-refractivity contribution in [3.63, 3.8) is 0 Å². The highest BCUT2D eigenvalue weighted by Crippen LogP contribution is 2.25. The van der Waals surface area contributed by atoms with Crippen LogP contribution in [0.2, 0.25) is 5.02 Å². The maximum Gasteiger partial charge on any atom is 0.233 e. The average Bonchev–Trinajstić information content (AvgIpc) is 3.21. The molecule has 0 bridgehead atoms. The molecule has 1 amide bonds. The van der Waals surface area contributed by atoms with Gasteiger partial charge in [0.05, 0.1) is 10.8 Å². The molecule has 1 saturated heterocycles. The van der Waals surface area contributed by atoms with Crippen LogP contribution in [0.1, 0.15) is 12.5 Å².